The number of hydrogen-bond donors (Lipinski definition) is 2. The van der Waals surface area contributed by atoms with Gasteiger partial charge in [-0.15, -0.1) is 5.10 Å². The summed E-state index contributed by atoms with van der Waals surface area (Å²) < 4.78 is 3.22. The van der Waals surface area contributed by atoms with Crippen LogP contribution in [0.3, 0.4) is 0 Å². The number of anilines is 2. The Kier molecular flexibility index (Phi) is 7.02. The number of imidazole rings is 1. The molecule has 2 aromatic carbocycles. The maximum Gasteiger partial charge on any atom is 0.270 e. The van der Waals surface area contributed by atoms with Crippen LogP contribution in [0.2, 0.25) is 0 Å². The second kappa shape index (κ2) is 10.2. The Balaban J connectivity index is 1.40. The summed E-state index contributed by atoms with van der Waals surface area (Å²) in [7, 11) is 2.09. The maximum atomic E-state index is 12.5. The number of aromatic amines is 1. The molecular formula is C27H33BrN8O. The van der Waals surface area contributed by atoms with Gasteiger partial charge in [-0.05, 0) is 78.1 Å². The van der Waals surface area contributed by atoms with Crippen molar-refractivity contribution in [1.29, 1.82) is 0 Å². The van der Waals surface area contributed by atoms with E-state index in [0.717, 1.165) is 52.3 Å². The van der Waals surface area contributed by atoms with Crippen molar-refractivity contribution in [3.8, 4) is 0 Å². The molecule has 9 nitrogen and oxygen atoms in total. The Morgan fingerprint density at radius 2 is 1.86 bits per heavy atom. The van der Waals surface area contributed by atoms with Crippen LogP contribution in [-0.4, -0.2) is 42.1 Å². The third-order valence-corrected chi connectivity index (χ3v) is 8.07. The second-order valence-electron chi connectivity index (χ2n) is 11.0. The van der Waals surface area contributed by atoms with Gasteiger partial charge in [-0.2, -0.15) is 5.21 Å². The zero-order valence-corrected chi connectivity index (χ0v) is 23.3. The molecule has 0 unspecified atom stereocenters. The molecule has 194 valence electrons. The molecule has 0 radical (unpaired) electrons. The summed E-state index contributed by atoms with van der Waals surface area (Å²) in [4.78, 5) is 20.1. The number of fused-ring (bicyclic) bond motifs is 1. The predicted octanol–water partition coefficient (Wildman–Crippen LogP) is 5.71. The number of aryl methyl sites for hydroxylation is 1. The number of hydrogen-bond acceptors (Lipinski definition) is 6. The highest BCUT2D eigenvalue weighted by atomic mass is 79.9. The monoisotopic (exact) mass is 564 g/mol. The van der Waals surface area contributed by atoms with Gasteiger partial charge in [0.15, 0.2) is 0 Å². The van der Waals surface area contributed by atoms with Crippen molar-refractivity contribution in [3.63, 3.8) is 0 Å². The molecule has 1 fully saturated rings. The second-order valence-corrected chi connectivity index (χ2v) is 11.9. The summed E-state index contributed by atoms with van der Waals surface area (Å²) in [6.45, 7) is 7.79. The van der Waals surface area contributed by atoms with Crippen molar-refractivity contribution < 1.29 is 4.79 Å². The third-order valence-electron chi connectivity index (χ3n) is 7.58. The van der Waals surface area contributed by atoms with Gasteiger partial charge in [0, 0.05) is 29.7 Å². The number of tetrazole rings is 1. The molecule has 2 aromatic heterocycles. The van der Waals surface area contributed by atoms with Gasteiger partial charge >= 0.3 is 0 Å². The lowest BCUT2D eigenvalue weighted by Gasteiger charge is -2.41. The number of H-pyrrole nitrogens is 1. The van der Waals surface area contributed by atoms with Crippen LogP contribution >= 0.6 is 15.9 Å². The summed E-state index contributed by atoms with van der Waals surface area (Å²) >= 11 is 3.59. The van der Waals surface area contributed by atoms with E-state index < -0.39 is 0 Å². The van der Waals surface area contributed by atoms with Crippen LogP contribution < -0.4 is 10.2 Å². The van der Waals surface area contributed by atoms with Crippen molar-refractivity contribution >= 4 is 44.8 Å². The highest BCUT2D eigenvalue weighted by Gasteiger charge is 2.33. The molecule has 1 aliphatic rings. The molecule has 0 aliphatic heterocycles. The first kappa shape index (κ1) is 25.4. The first-order chi connectivity index (χ1) is 17.7. The van der Waals surface area contributed by atoms with Crippen LogP contribution in [0, 0.1) is 11.3 Å². The lowest BCUT2D eigenvalue weighted by atomic mass is 9.71. The standard InChI is InChI=1S/C27H33BrN8O/c1-27(2,3)19-9-12-21(13-10-19)36(26-29-22-15-20(28)11-14-23(22)35(26)4)16-17-5-7-18(8-6-17)24(37)30-25-31-33-34-32-25/h5-8,11,14-15,19,21H,9-10,12-13,16H2,1-4H3,(H2,30,31,32,33,34,37). The number of carbonyl (C=O) groups excluding carboxylic acids is 1. The quantitative estimate of drug-likeness (QED) is 0.310. The minimum atomic E-state index is -0.272. The van der Waals surface area contributed by atoms with Gasteiger partial charge in [0.2, 0.25) is 5.95 Å². The van der Waals surface area contributed by atoms with E-state index in [9.17, 15) is 4.79 Å². The van der Waals surface area contributed by atoms with E-state index in [1.807, 2.05) is 24.3 Å². The summed E-state index contributed by atoms with van der Waals surface area (Å²) in [5.41, 5.74) is 4.09. The molecule has 1 aliphatic carbocycles. The van der Waals surface area contributed by atoms with Crippen LogP contribution in [0.5, 0.6) is 0 Å². The topological polar surface area (TPSA) is 105 Å². The third kappa shape index (κ3) is 5.53. The molecule has 0 bridgehead atoms. The fourth-order valence-electron chi connectivity index (χ4n) is 5.38. The lowest BCUT2D eigenvalue weighted by molar-refractivity contribution is 0.102. The molecule has 10 heteroatoms. The van der Waals surface area contributed by atoms with E-state index in [-0.39, 0.29) is 11.9 Å². The Morgan fingerprint density at radius 1 is 1.14 bits per heavy atom. The van der Waals surface area contributed by atoms with Crippen LogP contribution in [0.4, 0.5) is 11.9 Å². The molecule has 1 amide bonds. The zero-order valence-electron chi connectivity index (χ0n) is 21.7. The molecule has 2 N–H and O–H groups in total. The van der Waals surface area contributed by atoms with Gasteiger partial charge in [0.25, 0.3) is 11.9 Å². The van der Waals surface area contributed by atoms with E-state index in [1.54, 1.807) is 0 Å². The van der Waals surface area contributed by atoms with Crippen molar-refractivity contribution in [2.24, 2.45) is 18.4 Å². The first-order valence-electron chi connectivity index (χ1n) is 12.7. The van der Waals surface area contributed by atoms with Gasteiger partial charge in [-0.25, -0.2) is 4.98 Å². The molecule has 5 rings (SSSR count). The van der Waals surface area contributed by atoms with Crippen LogP contribution in [0.1, 0.15) is 62.4 Å². The summed E-state index contributed by atoms with van der Waals surface area (Å²) in [5, 5.41) is 16.0. The number of aromatic nitrogens is 6. The van der Waals surface area contributed by atoms with E-state index in [4.69, 9.17) is 4.98 Å². The van der Waals surface area contributed by atoms with Gasteiger partial charge in [-0.1, -0.05) is 53.9 Å². The van der Waals surface area contributed by atoms with Crippen molar-refractivity contribution in [3.05, 3.63) is 58.1 Å². The highest BCUT2D eigenvalue weighted by Crippen LogP contribution is 2.40. The predicted molar refractivity (Wildman–Crippen MR) is 148 cm³/mol. The number of halogens is 1. The molecule has 2 heterocycles. The highest BCUT2D eigenvalue weighted by molar-refractivity contribution is 9.10. The number of nitrogens with zero attached hydrogens (tertiary/aromatic N) is 6. The van der Waals surface area contributed by atoms with Crippen LogP contribution in [0.15, 0.2) is 46.9 Å². The van der Waals surface area contributed by atoms with Gasteiger partial charge < -0.3 is 9.47 Å². The Morgan fingerprint density at radius 3 is 2.51 bits per heavy atom. The van der Waals surface area contributed by atoms with E-state index >= 15 is 0 Å². The Hall–Kier alpha value is -3.27. The molecule has 37 heavy (non-hydrogen) atoms. The molecule has 0 saturated heterocycles. The maximum absolute atomic E-state index is 12.5. The first-order valence-corrected chi connectivity index (χ1v) is 13.5. The molecule has 1 saturated carbocycles. The fourth-order valence-corrected chi connectivity index (χ4v) is 5.73. The van der Waals surface area contributed by atoms with Gasteiger partial charge in [0.05, 0.1) is 11.0 Å². The summed E-state index contributed by atoms with van der Waals surface area (Å²) in [6, 6.07) is 14.4. The lowest BCUT2D eigenvalue weighted by Crippen LogP contribution is -2.41. The van der Waals surface area contributed by atoms with Crippen molar-refractivity contribution in [1.82, 2.24) is 30.2 Å². The number of amides is 1. The van der Waals surface area contributed by atoms with Gasteiger partial charge in [-0.3, -0.25) is 10.1 Å². The average Bonchev–Trinajstić information content (AvgIpc) is 3.50. The van der Waals surface area contributed by atoms with Gasteiger partial charge in [0.1, 0.15) is 0 Å². The number of benzene rings is 2. The minimum Gasteiger partial charge on any atom is -0.335 e. The van der Waals surface area contributed by atoms with E-state index in [0.29, 0.717) is 17.0 Å². The molecule has 0 spiro atoms. The van der Waals surface area contributed by atoms with Crippen LogP contribution in [0.25, 0.3) is 11.0 Å². The van der Waals surface area contributed by atoms with E-state index in [2.05, 4.69) is 97.4 Å². The molecule has 4 aromatic rings. The van der Waals surface area contributed by atoms with E-state index in [1.165, 1.54) is 12.8 Å². The average molecular weight is 566 g/mol. The Labute approximate surface area is 225 Å². The van der Waals surface area contributed by atoms with Crippen LogP contribution in [-0.2, 0) is 13.6 Å². The normalized spacial score (nSPS) is 18.2. The summed E-state index contributed by atoms with van der Waals surface area (Å²) in [5.74, 6) is 1.59. The Bertz CT molecular complexity index is 1370. The van der Waals surface area contributed by atoms with Crippen molar-refractivity contribution in [2.45, 2.75) is 59.0 Å². The largest absolute Gasteiger partial charge is 0.335 e. The SMILES string of the molecule is Cn1c(N(Cc2ccc(C(=O)Nc3nn[nH]n3)cc2)C2CCC(C(C)(C)C)CC2)nc2cc(Br)ccc21. The summed E-state index contributed by atoms with van der Waals surface area (Å²) in [6.07, 6.45) is 4.71. The zero-order chi connectivity index (χ0) is 26.2. The number of carbonyl (C=O) groups is 1. The smallest absolute Gasteiger partial charge is 0.270 e. The molecule has 0 atom stereocenters. The number of rotatable bonds is 6. The molecular weight excluding hydrogens is 532 g/mol. The fraction of sp³-hybridized carbons (Fsp3) is 0.444. The number of nitrogens with one attached hydrogen (secondary N) is 2. The minimum absolute atomic E-state index is 0.152. The van der Waals surface area contributed by atoms with Crippen molar-refractivity contribution in [2.75, 3.05) is 10.2 Å².